The number of guanidine groups is 1. The lowest BCUT2D eigenvalue weighted by molar-refractivity contribution is 0.222. The van der Waals surface area contributed by atoms with E-state index in [9.17, 15) is 0 Å². The largest absolute Gasteiger partial charge is 0.489 e. The van der Waals surface area contributed by atoms with E-state index in [1.165, 1.54) is 0 Å². The molecule has 0 aliphatic carbocycles. The zero-order valence-electron chi connectivity index (χ0n) is 12.8. The molecule has 1 unspecified atom stereocenters. The van der Waals surface area contributed by atoms with Crippen molar-refractivity contribution in [3.05, 3.63) is 29.8 Å². The van der Waals surface area contributed by atoms with Gasteiger partial charge in [-0.3, -0.25) is 4.99 Å². The van der Waals surface area contributed by atoms with Crippen molar-refractivity contribution in [1.29, 1.82) is 0 Å². The summed E-state index contributed by atoms with van der Waals surface area (Å²) >= 11 is 1.81. The van der Waals surface area contributed by atoms with Gasteiger partial charge in [0.15, 0.2) is 5.96 Å². The SMILES string of the molecule is CN=C(NCCSC)NCC(C)Oc1ccccc1C. The van der Waals surface area contributed by atoms with Gasteiger partial charge in [0.1, 0.15) is 11.9 Å². The second-order valence-corrected chi connectivity index (χ2v) is 5.55. The number of nitrogens with one attached hydrogen (secondary N) is 2. The number of para-hydroxylation sites is 1. The van der Waals surface area contributed by atoms with Gasteiger partial charge >= 0.3 is 0 Å². The highest BCUT2D eigenvalue weighted by atomic mass is 32.2. The molecule has 1 atom stereocenters. The third-order valence-corrected chi connectivity index (χ3v) is 3.41. The van der Waals surface area contributed by atoms with Gasteiger partial charge in [-0.05, 0) is 31.7 Å². The Bertz CT molecular complexity index is 423. The van der Waals surface area contributed by atoms with Crippen LogP contribution in [0, 0.1) is 6.92 Å². The molecule has 0 fully saturated rings. The van der Waals surface area contributed by atoms with Gasteiger partial charge in [0.2, 0.25) is 0 Å². The number of aliphatic imine (C=N–C) groups is 1. The summed E-state index contributed by atoms with van der Waals surface area (Å²) < 4.78 is 5.92. The van der Waals surface area contributed by atoms with E-state index in [-0.39, 0.29) is 6.10 Å². The lowest BCUT2D eigenvalue weighted by atomic mass is 10.2. The Kier molecular flexibility index (Phi) is 7.95. The molecule has 0 aromatic heterocycles. The molecule has 1 rings (SSSR count). The highest BCUT2D eigenvalue weighted by molar-refractivity contribution is 7.98. The van der Waals surface area contributed by atoms with Crippen LogP contribution in [-0.2, 0) is 0 Å². The summed E-state index contributed by atoms with van der Waals surface area (Å²) in [6.07, 6.45) is 2.17. The molecular weight excluding hydrogens is 270 g/mol. The van der Waals surface area contributed by atoms with Crippen molar-refractivity contribution < 1.29 is 4.74 Å². The van der Waals surface area contributed by atoms with Crippen molar-refractivity contribution in [3.63, 3.8) is 0 Å². The van der Waals surface area contributed by atoms with E-state index in [0.29, 0.717) is 6.54 Å². The van der Waals surface area contributed by atoms with Crippen LogP contribution in [0.2, 0.25) is 0 Å². The maximum Gasteiger partial charge on any atom is 0.191 e. The lowest BCUT2D eigenvalue weighted by Crippen LogP contribution is -2.42. The zero-order valence-corrected chi connectivity index (χ0v) is 13.6. The second-order valence-electron chi connectivity index (χ2n) is 4.57. The molecule has 2 N–H and O–H groups in total. The zero-order chi connectivity index (χ0) is 14.8. The Balaban J connectivity index is 2.35. The molecule has 0 aliphatic rings. The summed E-state index contributed by atoms with van der Waals surface area (Å²) in [6, 6.07) is 8.06. The number of thioether (sulfide) groups is 1. The Morgan fingerprint density at radius 3 is 2.75 bits per heavy atom. The van der Waals surface area contributed by atoms with Gasteiger partial charge in [-0.1, -0.05) is 18.2 Å². The van der Waals surface area contributed by atoms with Gasteiger partial charge in [0, 0.05) is 19.3 Å². The third kappa shape index (κ3) is 6.19. The molecule has 0 radical (unpaired) electrons. The Labute approximate surface area is 126 Å². The van der Waals surface area contributed by atoms with Crippen molar-refractivity contribution in [2.75, 3.05) is 32.1 Å². The van der Waals surface area contributed by atoms with Crippen molar-refractivity contribution in [3.8, 4) is 5.75 Å². The fourth-order valence-electron chi connectivity index (χ4n) is 1.68. The van der Waals surface area contributed by atoms with Gasteiger partial charge < -0.3 is 15.4 Å². The van der Waals surface area contributed by atoms with Gasteiger partial charge in [0.05, 0.1) is 6.54 Å². The van der Waals surface area contributed by atoms with Crippen molar-refractivity contribution in [2.24, 2.45) is 4.99 Å². The predicted molar refractivity (Wildman–Crippen MR) is 89.0 cm³/mol. The first kappa shape index (κ1) is 16.7. The maximum atomic E-state index is 5.92. The van der Waals surface area contributed by atoms with Crippen LogP contribution in [0.5, 0.6) is 5.75 Å². The third-order valence-electron chi connectivity index (χ3n) is 2.80. The van der Waals surface area contributed by atoms with E-state index in [1.54, 1.807) is 7.05 Å². The summed E-state index contributed by atoms with van der Waals surface area (Å²) in [6.45, 7) is 5.73. The minimum atomic E-state index is 0.0789. The van der Waals surface area contributed by atoms with Crippen LogP contribution in [0.3, 0.4) is 0 Å². The first-order chi connectivity index (χ1) is 9.67. The second kappa shape index (κ2) is 9.53. The minimum absolute atomic E-state index is 0.0789. The van der Waals surface area contributed by atoms with Crippen LogP contribution in [-0.4, -0.2) is 44.2 Å². The number of nitrogens with zero attached hydrogens (tertiary/aromatic N) is 1. The van der Waals surface area contributed by atoms with Crippen molar-refractivity contribution in [1.82, 2.24) is 10.6 Å². The Hall–Kier alpha value is -1.36. The molecule has 0 bridgehead atoms. The fourth-order valence-corrected chi connectivity index (χ4v) is 1.99. The Morgan fingerprint density at radius 1 is 1.35 bits per heavy atom. The van der Waals surface area contributed by atoms with Crippen LogP contribution in [0.15, 0.2) is 29.3 Å². The quantitative estimate of drug-likeness (QED) is 0.460. The first-order valence-electron chi connectivity index (χ1n) is 6.83. The average molecular weight is 295 g/mol. The molecule has 4 nitrogen and oxygen atoms in total. The van der Waals surface area contributed by atoms with Crippen molar-refractivity contribution >= 4 is 17.7 Å². The molecule has 0 saturated heterocycles. The van der Waals surface area contributed by atoms with Gasteiger partial charge in [-0.2, -0.15) is 11.8 Å². The van der Waals surface area contributed by atoms with E-state index >= 15 is 0 Å². The van der Waals surface area contributed by atoms with E-state index in [2.05, 4.69) is 41.8 Å². The molecular formula is C15H25N3OS. The minimum Gasteiger partial charge on any atom is -0.489 e. The number of hydrogen-bond acceptors (Lipinski definition) is 3. The van der Waals surface area contributed by atoms with Crippen LogP contribution >= 0.6 is 11.8 Å². The average Bonchev–Trinajstić information content (AvgIpc) is 2.45. The predicted octanol–water partition coefficient (Wildman–Crippen LogP) is 2.29. The molecule has 0 aliphatic heterocycles. The Morgan fingerprint density at radius 2 is 2.10 bits per heavy atom. The highest BCUT2D eigenvalue weighted by Crippen LogP contribution is 2.17. The standard InChI is InChI=1S/C15H25N3OS/c1-12-7-5-6-8-14(12)19-13(2)11-18-15(16-3)17-9-10-20-4/h5-8,13H,9-11H2,1-4H3,(H2,16,17,18). The summed E-state index contributed by atoms with van der Waals surface area (Å²) in [4.78, 5) is 4.19. The van der Waals surface area contributed by atoms with E-state index in [1.807, 2.05) is 30.0 Å². The molecule has 0 spiro atoms. The van der Waals surface area contributed by atoms with E-state index < -0.39 is 0 Å². The molecule has 0 heterocycles. The number of ether oxygens (including phenoxy) is 1. The van der Waals surface area contributed by atoms with Crippen LogP contribution < -0.4 is 15.4 Å². The van der Waals surface area contributed by atoms with Crippen LogP contribution in [0.4, 0.5) is 0 Å². The summed E-state index contributed by atoms with van der Waals surface area (Å²) in [7, 11) is 1.78. The summed E-state index contributed by atoms with van der Waals surface area (Å²) in [5, 5.41) is 6.54. The van der Waals surface area contributed by atoms with Crippen LogP contribution in [0.25, 0.3) is 0 Å². The topological polar surface area (TPSA) is 45.7 Å². The maximum absolute atomic E-state index is 5.92. The highest BCUT2D eigenvalue weighted by Gasteiger charge is 2.06. The lowest BCUT2D eigenvalue weighted by Gasteiger charge is -2.18. The van der Waals surface area contributed by atoms with E-state index in [0.717, 1.165) is 29.6 Å². The molecule has 20 heavy (non-hydrogen) atoms. The molecule has 0 saturated carbocycles. The summed E-state index contributed by atoms with van der Waals surface area (Å²) in [5.41, 5.74) is 1.15. The number of aryl methyl sites for hydroxylation is 1. The van der Waals surface area contributed by atoms with Gasteiger partial charge in [-0.15, -0.1) is 0 Å². The normalized spacial score (nSPS) is 12.9. The van der Waals surface area contributed by atoms with Crippen LogP contribution in [0.1, 0.15) is 12.5 Å². The fraction of sp³-hybridized carbons (Fsp3) is 0.533. The van der Waals surface area contributed by atoms with Crippen molar-refractivity contribution in [2.45, 2.75) is 20.0 Å². The smallest absolute Gasteiger partial charge is 0.191 e. The van der Waals surface area contributed by atoms with Gasteiger partial charge in [-0.25, -0.2) is 0 Å². The molecule has 1 aromatic rings. The molecule has 112 valence electrons. The number of benzene rings is 1. The molecule has 0 amide bonds. The molecule has 1 aromatic carbocycles. The van der Waals surface area contributed by atoms with Gasteiger partial charge in [0.25, 0.3) is 0 Å². The summed E-state index contributed by atoms with van der Waals surface area (Å²) in [5.74, 6) is 2.82. The molecule has 5 heteroatoms. The van der Waals surface area contributed by atoms with E-state index in [4.69, 9.17) is 4.74 Å². The first-order valence-corrected chi connectivity index (χ1v) is 8.22. The number of hydrogen-bond donors (Lipinski definition) is 2. The monoisotopic (exact) mass is 295 g/mol. The number of rotatable bonds is 7.